The Kier molecular flexibility index (Phi) is 5.41. The van der Waals surface area contributed by atoms with E-state index < -0.39 is 5.82 Å². The molecule has 1 aromatic rings. The van der Waals surface area contributed by atoms with Gasteiger partial charge in [0.05, 0.1) is 18.6 Å². The smallest absolute Gasteiger partial charge is 0.227 e. The highest BCUT2D eigenvalue weighted by Gasteiger charge is 2.28. The minimum absolute atomic E-state index is 0.0206. The molecule has 0 N–H and O–H groups in total. The Balaban J connectivity index is 2.08. The van der Waals surface area contributed by atoms with Crippen molar-refractivity contribution in [1.29, 1.82) is 0 Å². The number of morpholine rings is 1. The fourth-order valence-corrected chi connectivity index (χ4v) is 2.89. The van der Waals surface area contributed by atoms with Crippen LogP contribution in [0.1, 0.15) is 12.5 Å². The van der Waals surface area contributed by atoms with Crippen LogP contribution < -0.4 is 0 Å². The zero-order valence-electron chi connectivity index (χ0n) is 11.1. The molecular weight excluding hydrogens is 349 g/mol. The Labute approximate surface area is 131 Å². The predicted octanol–water partition coefficient (Wildman–Crippen LogP) is 3.03. The summed E-state index contributed by atoms with van der Waals surface area (Å²) in [5, 5.41) is 0.957. The first-order valence-corrected chi connectivity index (χ1v) is 7.93. The molecule has 2 rings (SSSR count). The minimum atomic E-state index is -0.441. The largest absolute Gasteiger partial charge is 0.371 e. The zero-order valence-corrected chi connectivity index (χ0v) is 13.5. The summed E-state index contributed by atoms with van der Waals surface area (Å²) in [6, 6.07) is 4.44. The lowest BCUT2D eigenvalue weighted by molar-refractivity contribution is -0.142. The highest BCUT2D eigenvalue weighted by Crippen LogP contribution is 2.21. The van der Waals surface area contributed by atoms with Crippen molar-refractivity contribution in [2.45, 2.75) is 25.6 Å². The van der Waals surface area contributed by atoms with Gasteiger partial charge in [-0.2, -0.15) is 0 Å². The molecule has 6 heteroatoms. The first-order valence-electron chi connectivity index (χ1n) is 6.43. The zero-order chi connectivity index (χ0) is 14.7. The summed E-state index contributed by atoms with van der Waals surface area (Å²) in [4.78, 5) is 14.0. The second-order valence-corrected chi connectivity index (χ2v) is 5.95. The van der Waals surface area contributed by atoms with Crippen LogP contribution in [0.5, 0.6) is 0 Å². The molecule has 0 aromatic heterocycles. The SMILES string of the molecule is CC1CN(C(=O)Cc2c(F)cccc2Cl)CC(CBr)O1. The lowest BCUT2D eigenvalue weighted by Gasteiger charge is -2.36. The summed E-state index contributed by atoms with van der Waals surface area (Å²) in [6.45, 7) is 2.96. The van der Waals surface area contributed by atoms with Gasteiger partial charge >= 0.3 is 0 Å². The van der Waals surface area contributed by atoms with Gasteiger partial charge in [-0.3, -0.25) is 4.79 Å². The number of halogens is 3. The van der Waals surface area contributed by atoms with Crippen LogP contribution in [0, 0.1) is 5.82 Å². The van der Waals surface area contributed by atoms with Gasteiger partial charge in [0.1, 0.15) is 5.82 Å². The summed E-state index contributed by atoms with van der Waals surface area (Å²) < 4.78 is 19.4. The Bertz CT molecular complexity index is 480. The van der Waals surface area contributed by atoms with Crippen LogP contribution in [0.3, 0.4) is 0 Å². The molecule has 1 amide bonds. The molecule has 0 radical (unpaired) electrons. The van der Waals surface area contributed by atoms with Crippen molar-refractivity contribution >= 4 is 33.4 Å². The van der Waals surface area contributed by atoms with Crippen molar-refractivity contribution in [2.24, 2.45) is 0 Å². The van der Waals surface area contributed by atoms with Gasteiger partial charge < -0.3 is 9.64 Å². The molecule has 1 aliphatic heterocycles. The Morgan fingerprint density at radius 2 is 2.30 bits per heavy atom. The fourth-order valence-electron chi connectivity index (χ4n) is 2.30. The lowest BCUT2D eigenvalue weighted by atomic mass is 10.1. The third-order valence-electron chi connectivity index (χ3n) is 3.24. The molecule has 1 heterocycles. The number of alkyl halides is 1. The molecule has 0 aliphatic carbocycles. The van der Waals surface area contributed by atoms with E-state index >= 15 is 0 Å². The molecular formula is C14H16BrClFNO2. The average molecular weight is 365 g/mol. The number of hydrogen-bond acceptors (Lipinski definition) is 2. The van der Waals surface area contributed by atoms with Gasteiger partial charge in [0.15, 0.2) is 0 Å². The van der Waals surface area contributed by atoms with Crippen LogP contribution in [0.2, 0.25) is 5.02 Å². The van der Waals surface area contributed by atoms with Crippen LogP contribution in [-0.4, -0.2) is 41.4 Å². The van der Waals surface area contributed by atoms with E-state index in [1.54, 1.807) is 11.0 Å². The van der Waals surface area contributed by atoms with E-state index in [9.17, 15) is 9.18 Å². The van der Waals surface area contributed by atoms with Crippen molar-refractivity contribution in [3.8, 4) is 0 Å². The molecule has 1 aromatic carbocycles. The van der Waals surface area contributed by atoms with Crippen LogP contribution in [-0.2, 0) is 16.0 Å². The van der Waals surface area contributed by atoms with E-state index in [2.05, 4.69) is 15.9 Å². The maximum Gasteiger partial charge on any atom is 0.227 e. The molecule has 110 valence electrons. The summed E-state index contributed by atoms with van der Waals surface area (Å²) in [7, 11) is 0. The molecule has 20 heavy (non-hydrogen) atoms. The van der Waals surface area contributed by atoms with E-state index in [1.807, 2.05) is 6.92 Å². The van der Waals surface area contributed by atoms with E-state index in [4.69, 9.17) is 16.3 Å². The standard InChI is InChI=1S/C14H16BrClFNO2/c1-9-7-18(8-10(6-15)20-9)14(19)5-11-12(16)3-2-4-13(11)17/h2-4,9-10H,5-8H2,1H3. The van der Waals surface area contributed by atoms with Crippen LogP contribution in [0.15, 0.2) is 18.2 Å². The summed E-state index contributed by atoms with van der Waals surface area (Å²) in [5.74, 6) is -0.567. The van der Waals surface area contributed by atoms with Gasteiger partial charge in [-0.05, 0) is 19.1 Å². The maximum absolute atomic E-state index is 13.7. The van der Waals surface area contributed by atoms with Gasteiger partial charge in [-0.1, -0.05) is 33.6 Å². The second kappa shape index (κ2) is 6.87. The Hall–Kier alpha value is -0.650. The van der Waals surface area contributed by atoms with E-state index in [1.165, 1.54) is 12.1 Å². The van der Waals surface area contributed by atoms with Crippen molar-refractivity contribution in [1.82, 2.24) is 4.90 Å². The first kappa shape index (κ1) is 15.7. The van der Waals surface area contributed by atoms with Crippen LogP contribution >= 0.6 is 27.5 Å². The number of amides is 1. The van der Waals surface area contributed by atoms with Gasteiger partial charge in [0.25, 0.3) is 0 Å². The van der Waals surface area contributed by atoms with E-state index in [0.717, 1.165) is 0 Å². The number of benzene rings is 1. The van der Waals surface area contributed by atoms with Gasteiger partial charge in [-0.15, -0.1) is 0 Å². The molecule has 1 aliphatic rings. The summed E-state index contributed by atoms with van der Waals surface area (Å²) in [6.07, 6.45) is -0.0714. The molecule has 1 fully saturated rings. The van der Waals surface area contributed by atoms with Gasteiger partial charge in [0.2, 0.25) is 5.91 Å². The second-order valence-electron chi connectivity index (χ2n) is 4.90. The molecule has 2 unspecified atom stereocenters. The quantitative estimate of drug-likeness (QED) is 0.772. The number of hydrogen-bond donors (Lipinski definition) is 0. The number of rotatable bonds is 3. The maximum atomic E-state index is 13.7. The highest BCUT2D eigenvalue weighted by atomic mass is 79.9. The van der Waals surface area contributed by atoms with Crippen molar-refractivity contribution < 1.29 is 13.9 Å². The third kappa shape index (κ3) is 3.71. The predicted molar refractivity (Wildman–Crippen MR) is 79.8 cm³/mol. The fraction of sp³-hybridized carbons (Fsp3) is 0.500. The number of ether oxygens (including phenoxy) is 1. The number of nitrogens with zero attached hydrogens (tertiary/aromatic N) is 1. The van der Waals surface area contributed by atoms with Crippen molar-refractivity contribution in [3.05, 3.63) is 34.6 Å². The van der Waals surface area contributed by atoms with Crippen LogP contribution in [0.25, 0.3) is 0 Å². The summed E-state index contributed by atoms with van der Waals surface area (Å²) >= 11 is 9.32. The van der Waals surface area contributed by atoms with Gasteiger partial charge in [0, 0.05) is 29.0 Å². The average Bonchev–Trinajstić information content (AvgIpc) is 2.42. The van der Waals surface area contributed by atoms with Gasteiger partial charge in [-0.25, -0.2) is 4.39 Å². The third-order valence-corrected chi connectivity index (χ3v) is 4.32. The lowest BCUT2D eigenvalue weighted by Crippen LogP contribution is -2.50. The number of carbonyl (C=O) groups excluding carboxylic acids is 1. The number of carbonyl (C=O) groups is 1. The highest BCUT2D eigenvalue weighted by molar-refractivity contribution is 9.09. The normalized spacial score (nSPS) is 22.9. The Morgan fingerprint density at radius 3 is 2.95 bits per heavy atom. The van der Waals surface area contributed by atoms with Crippen molar-refractivity contribution in [2.75, 3.05) is 18.4 Å². The molecule has 0 spiro atoms. The van der Waals surface area contributed by atoms with E-state index in [-0.39, 0.29) is 35.1 Å². The minimum Gasteiger partial charge on any atom is -0.371 e. The first-order chi connectivity index (χ1) is 9.51. The van der Waals surface area contributed by atoms with Crippen LogP contribution in [0.4, 0.5) is 4.39 Å². The summed E-state index contributed by atoms with van der Waals surface area (Å²) in [5.41, 5.74) is 0.258. The Morgan fingerprint density at radius 1 is 1.55 bits per heavy atom. The van der Waals surface area contributed by atoms with Crippen molar-refractivity contribution in [3.63, 3.8) is 0 Å². The molecule has 0 saturated carbocycles. The topological polar surface area (TPSA) is 29.5 Å². The monoisotopic (exact) mass is 363 g/mol. The van der Waals surface area contributed by atoms with E-state index in [0.29, 0.717) is 18.4 Å². The molecule has 0 bridgehead atoms. The molecule has 3 nitrogen and oxygen atoms in total. The molecule has 1 saturated heterocycles. The molecule has 2 atom stereocenters.